The minimum atomic E-state index is 1.08. The number of thiophene rings is 1. The summed E-state index contributed by atoms with van der Waals surface area (Å²) in [6, 6.07) is 2.29. The van der Waals surface area contributed by atoms with Crippen LogP contribution in [0.5, 0.6) is 0 Å². The second-order valence-corrected chi connectivity index (χ2v) is 6.95. The van der Waals surface area contributed by atoms with E-state index in [-0.39, 0.29) is 0 Å². The van der Waals surface area contributed by atoms with Gasteiger partial charge >= 0.3 is 0 Å². The fourth-order valence-corrected chi connectivity index (χ4v) is 3.22. The van der Waals surface area contributed by atoms with Gasteiger partial charge in [-0.05, 0) is 41.0 Å². The van der Waals surface area contributed by atoms with E-state index in [2.05, 4.69) is 54.8 Å². The molecule has 0 aliphatic rings. The summed E-state index contributed by atoms with van der Waals surface area (Å²) in [6.07, 6.45) is 0. The molecule has 0 aromatic carbocycles. The van der Waals surface area contributed by atoms with Crippen molar-refractivity contribution in [1.29, 1.82) is 0 Å². The molecule has 1 N–H and O–H groups in total. The summed E-state index contributed by atoms with van der Waals surface area (Å²) >= 11 is 5.45. The van der Waals surface area contributed by atoms with Gasteiger partial charge in [0.25, 0.3) is 0 Å². The Kier molecular flexibility index (Phi) is 5.97. The number of likely N-dealkylation sites (N-methyl/N-ethyl adjacent to an activating group) is 2. The van der Waals surface area contributed by atoms with Gasteiger partial charge in [-0.1, -0.05) is 6.92 Å². The monoisotopic (exact) mass is 305 g/mol. The van der Waals surface area contributed by atoms with Gasteiger partial charge in [-0.3, -0.25) is 4.90 Å². The van der Waals surface area contributed by atoms with Crippen LogP contribution < -0.4 is 4.90 Å². The minimum absolute atomic E-state index is 1.08. The number of rotatable bonds is 6. The first-order valence-corrected chi connectivity index (χ1v) is 7.40. The predicted molar refractivity (Wildman–Crippen MR) is 75.4 cm³/mol. The molecule has 4 heteroatoms. The maximum absolute atomic E-state index is 3.59. The number of quaternary nitrogens is 1. The molecular weight excluding hydrogens is 284 g/mol. The molecule has 0 bridgehead atoms. The van der Waals surface area contributed by atoms with Gasteiger partial charge in [0.1, 0.15) is 0 Å². The number of hydrogen-bond acceptors (Lipinski definition) is 2. The highest BCUT2D eigenvalue weighted by Crippen LogP contribution is 2.28. The number of nitrogens with one attached hydrogen (secondary N) is 1. The van der Waals surface area contributed by atoms with Gasteiger partial charge in [-0.2, -0.15) is 0 Å². The van der Waals surface area contributed by atoms with Crippen molar-refractivity contribution >= 4 is 27.3 Å². The maximum Gasteiger partial charge on any atom is 0.0896 e. The van der Waals surface area contributed by atoms with Crippen LogP contribution in [-0.4, -0.2) is 38.6 Å². The lowest BCUT2D eigenvalue weighted by atomic mass is 10.3. The van der Waals surface area contributed by atoms with Crippen LogP contribution in [0.4, 0.5) is 0 Å². The molecule has 0 spiro atoms. The van der Waals surface area contributed by atoms with Crippen molar-refractivity contribution < 1.29 is 4.90 Å². The van der Waals surface area contributed by atoms with Gasteiger partial charge in [-0.25, -0.2) is 0 Å². The Labute approximate surface area is 111 Å². The summed E-state index contributed by atoms with van der Waals surface area (Å²) in [7, 11) is 4.42. The first-order valence-electron chi connectivity index (χ1n) is 5.79. The lowest BCUT2D eigenvalue weighted by Gasteiger charge is -2.20. The Morgan fingerprint density at radius 1 is 1.44 bits per heavy atom. The molecule has 92 valence electrons. The molecule has 16 heavy (non-hydrogen) atoms. The van der Waals surface area contributed by atoms with Crippen molar-refractivity contribution in [3.05, 3.63) is 20.3 Å². The van der Waals surface area contributed by atoms with Gasteiger partial charge in [0, 0.05) is 18.0 Å². The summed E-state index contributed by atoms with van der Waals surface area (Å²) < 4.78 is 1.27. The van der Waals surface area contributed by atoms with E-state index in [9.17, 15) is 0 Å². The Balaban J connectivity index is 2.49. The molecule has 1 aromatic rings. The zero-order valence-electron chi connectivity index (χ0n) is 10.6. The largest absolute Gasteiger partial charge is 0.339 e. The van der Waals surface area contributed by atoms with E-state index in [1.54, 1.807) is 0 Å². The molecule has 1 heterocycles. The van der Waals surface area contributed by atoms with Crippen LogP contribution in [0.25, 0.3) is 0 Å². The first kappa shape index (κ1) is 14.2. The number of nitrogens with zero attached hydrogens (tertiary/aromatic N) is 1. The van der Waals surface area contributed by atoms with E-state index >= 15 is 0 Å². The average Bonchev–Trinajstić information content (AvgIpc) is 2.52. The maximum atomic E-state index is 3.59. The molecule has 0 saturated heterocycles. The molecule has 1 rings (SSSR count). The van der Waals surface area contributed by atoms with Crippen molar-refractivity contribution in [3.8, 4) is 0 Å². The van der Waals surface area contributed by atoms with Gasteiger partial charge in [0.2, 0.25) is 0 Å². The van der Waals surface area contributed by atoms with Crippen LogP contribution in [0.1, 0.15) is 17.4 Å². The molecule has 0 radical (unpaired) electrons. The molecule has 0 aliphatic heterocycles. The Morgan fingerprint density at radius 2 is 2.12 bits per heavy atom. The van der Waals surface area contributed by atoms with Crippen molar-refractivity contribution in [2.75, 3.05) is 33.7 Å². The normalized spacial score (nSPS) is 11.7. The zero-order valence-corrected chi connectivity index (χ0v) is 13.0. The standard InChI is InChI=1S/C12H21BrN2S/c1-5-15(7-6-14(3)4)9-11-8-10(2)12(13)16-11/h8H,5-7,9H2,1-4H3/p+1. The van der Waals surface area contributed by atoms with Gasteiger partial charge < -0.3 is 4.90 Å². The van der Waals surface area contributed by atoms with Gasteiger partial charge in [0.15, 0.2) is 0 Å². The van der Waals surface area contributed by atoms with E-state index in [1.165, 1.54) is 32.2 Å². The van der Waals surface area contributed by atoms with Crippen molar-refractivity contribution in [1.82, 2.24) is 4.90 Å². The number of hydrogen-bond donors (Lipinski definition) is 1. The third kappa shape index (κ3) is 4.53. The van der Waals surface area contributed by atoms with E-state index < -0.39 is 0 Å². The van der Waals surface area contributed by atoms with E-state index in [1.807, 2.05) is 11.3 Å². The molecule has 0 aliphatic carbocycles. The lowest BCUT2D eigenvalue weighted by Crippen LogP contribution is -3.06. The SMILES string of the molecule is CCN(CC[NH+](C)C)Cc1cc(C)c(Br)s1. The van der Waals surface area contributed by atoms with Crippen LogP contribution in [0.3, 0.4) is 0 Å². The van der Waals surface area contributed by atoms with Crippen LogP contribution in [0, 0.1) is 6.92 Å². The highest BCUT2D eigenvalue weighted by molar-refractivity contribution is 9.11. The summed E-state index contributed by atoms with van der Waals surface area (Å²) in [5.74, 6) is 0. The summed E-state index contributed by atoms with van der Waals surface area (Å²) in [5, 5.41) is 0. The van der Waals surface area contributed by atoms with Crippen LogP contribution >= 0.6 is 27.3 Å². The number of aryl methyl sites for hydroxylation is 1. The fraction of sp³-hybridized carbons (Fsp3) is 0.667. The molecule has 0 saturated carbocycles. The third-order valence-corrected chi connectivity index (χ3v) is 4.78. The van der Waals surface area contributed by atoms with Crippen molar-refractivity contribution in [2.45, 2.75) is 20.4 Å². The van der Waals surface area contributed by atoms with Gasteiger partial charge in [0.05, 0.1) is 24.4 Å². The molecular formula is C12H22BrN2S+. The molecule has 0 unspecified atom stereocenters. The van der Waals surface area contributed by atoms with Crippen LogP contribution in [0.2, 0.25) is 0 Å². The third-order valence-electron chi connectivity index (χ3n) is 2.66. The van der Waals surface area contributed by atoms with E-state index in [0.29, 0.717) is 0 Å². The summed E-state index contributed by atoms with van der Waals surface area (Å²) in [6.45, 7) is 8.99. The highest BCUT2D eigenvalue weighted by Gasteiger charge is 2.09. The Hall–Kier alpha value is 0.1000. The van der Waals surface area contributed by atoms with Crippen LogP contribution in [0.15, 0.2) is 9.85 Å². The van der Waals surface area contributed by atoms with Crippen molar-refractivity contribution in [2.24, 2.45) is 0 Å². The molecule has 0 fully saturated rings. The predicted octanol–water partition coefficient (Wildman–Crippen LogP) is 1.79. The smallest absolute Gasteiger partial charge is 0.0896 e. The quantitative estimate of drug-likeness (QED) is 0.842. The Bertz CT molecular complexity index is 303. The second kappa shape index (κ2) is 6.74. The van der Waals surface area contributed by atoms with Crippen molar-refractivity contribution in [3.63, 3.8) is 0 Å². The van der Waals surface area contributed by atoms with Gasteiger partial charge in [-0.15, -0.1) is 11.3 Å². The lowest BCUT2D eigenvalue weighted by molar-refractivity contribution is -0.857. The highest BCUT2D eigenvalue weighted by atomic mass is 79.9. The second-order valence-electron chi connectivity index (χ2n) is 4.50. The average molecular weight is 306 g/mol. The van der Waals surface area contributed by atoms with E-state index in [4.69, 9.17) is 0 Å². The van der Waals surface area contributed by atoms with Crippen LogP contribution in [-0.2, 0) is 6.54 Å². The summed E-state index contributed by atoms with van der Waals surface area (Å²) in [5.41, 5.74) is 1.36. The zero-order chi connectivity index (χ0) is 12.1. The molecule has 1 aromatic heterocycles. The Morgan fingerprint density at radius 3 is 2.56 bits per heavy atom. The minimum Gasteiger partial charge on any atom is -0.339 e. The topological polar surface area (TPSA) is 7.68 Å². The molecule has 2 nitrogen and oxygen atoms in total. The number of halogens is 1. The first-order chi connectivity index (χ1) is 7.52. The molecule has 0 atom stereocenters. The summed E-state index contributed by atoms with van der Waals surface area (Å²) in [4.78, 5) is 5.48. The fourth-order valence-electron chi connectivity index (χ4n) is 1.55. The van der Waals surface area contributed by atoms with E-state index in [0.717, 1.165) is 13.1 Å². The molecule has 0 amide bonds.